The average Bonchev–Trinajstić information content (AvgIpc) is 2.73. The summed E-state index contributed by atoms with van der Waals surface area (Å²) in [6.07, 6.45) is 7.43. The molecule has 2 rings (SSSR count). The van der Waals surface area contributed by atoms with Gasteiger partial charge in [-0.2, -0.15) is 0 Å². The minimum Gasteiger partial charge on any atom is -0.423 e. The molecule has 0 spiro atoms. The number of hydrogen-bond acceptors (Lipinski definition) is 3. The van der Waals surface area contributed by atoms with Crippen molar-refractivity contribution in [1.29, 1.82) is 0 Å². The first-order valence-corrected chi connectivity index (χ1v) is 10.3. The molecule has 2 aromatic rings. The second-order valence-corrected chi connectivity index (χ2v) is 7.13. The van der Waals surface area contributed by atoms with E-state index in [0.717, 1.165) is 18.4 Å². The molecule has 0 saturated carbocycles. The Kier molecular flexibility index (Phi) is 10.1. The van der Waals surface area contributed by atoms with Crippen LogP contribution in [0.25, 0.3) is 0 Å². The van der Waals surface area contributed by atoms with E-state index in [1.807, 2.05) is 36.4 Å². The van der Waals surface area contributed by atoms with Crippen LogP contribution in [-0.2, 0) is 16.1 Å². The fourth-order valence-electron chi connectivity index (χ4n) is 3.03. The van der Waals surface area contributed by atoms with Gasteiger partial charge in [-0.05, 0) is 24.1 Å². The highest BCUT2D eigenvalue weighted by Crippen LogP contribution is 2.19. The van der Waals surface area contributed by atoms with Gasteiger partial charge in [0.25, 0.3) is 0 Å². The highest BCUT2D eigenvalue weighted by molar-refractivity contribution is 5.89. The van der Waals surface area contributed by atoms with Crippen molar-refractivity contribution in [3.63, 3.8) is 0 Å². The summed E-state index contributed by atoms with van der Waals surface area (Å²) in [5.41, 5.74) is 1.59. The molecular weight excluding hydrogens is 348 g/mol. The Bertz CT molecular complexity index is 694. The van der Waals surface area contributed by atoms with Crippen LogP contribution in [0.3, 0.4) is 0 Å². The SMILES string of the molecule is C=C(C[C@H](CCCCCCC)OCc1ccccc1)C(=O)Oc1ccccc1. The van der Waals surface area contributed by atoms with Crippen LogP contribution in [-0.4, -0.2) is 12.1 Å². The van der Waals surface area contributed by atoms with Crippen LogP contribution in [0.4, 0.5) is 0 Å². The molecule has 0 fully saturated rings. The summed E-state index contributed by atoms with van der Waals surface area (Å²) in [5, 5.41) is 0. The van der Waals surface area contributed by atoms with Gasteiger partial charge in [-0.1, -0.05) is 94.1 Å². The molecule has 0 N–H and O–H groups in total. The van der Waals surface area contributed by atoms with E-state index in [4.69, 9.17) is 9.47 Å². The molecule has 3 heteroatoms. The van der Waals surface area contributed by atoms with Gasteiger partial charge in [-0.3, -0.25) is 0 Å². The molecule has 28 heavy (non-hydrogen) atoms. The van der Waals surface area contributed by atoms with E-state index < -0.39 is 0 Å². The molecule has 0 radical (unpaired) electrons. The first kappa shape index (κ1) is 21.9. The van der Waals surface area contributed by atoms with E-state index >= 15 is 0 Å². The Balaban J connectivity index is 1.86. The van der Waals surface area contributed by atoms with Crippen molar-refractivity contribution in [3.05, 3.63) is 78.4 Å². The number of carbonyl (C=O) groups is 1. The van der Waals surface area contributed by atoms with Crippen molar-refractivity contribution in [2.24, 2.45) is 0 Å². The third kappa shape index (κ3) is 8.53. The summed E-state index contributed by atoms with van der Waals surface area (Å²) in [5.74, 6) is 0.153. The predicted octanol–water partition coefficient (Wildman–Crippen LogP) is 6.48. The van der Waals surface area contributed by atoms with Gasteiger partial charge in [0.15, 0.2) is 0 Å². The Morgan fingerprint density at radius 2 is 1.57 bits per heavy atom. The van der Waals surface area contributed by atoms with Crippen LogP contribution in [0, 0.1) is 0 Å². The lowest BCUT2D eigenvalue weighted by atomic mass is 10.0. The Morgan fingerprint density at radius 3 is 2.25 bits per heavy atom. The highest BCUT2D eigenvalue weighted by Gasteiger charge is 2.17. The Labute approximate surface area is 169 Å². The number of esters is 1. The van der Waals surface area contributed by atoms with Crippen LogP contribution in [0.15, 0.2) is 72.8 Å². The normalized spacial score (nSPS) is 11.8. The largest absolute Gasteiger partial charge is 0.423 e. The molecule has 3 nitrogen and oxygen atoms in total. The van der Waals surface area contributed by atoms with Crippen molar-refractivity contribution in [3.8, 4) is 5.75 Å². The third-order valence-electron chi connectivity index (χ3n) is 4.67. The molecule has 0 heterocycles. The van der Waals surface area contributed by atoms with E-state index in [0.29, 0.717) is 24.4 Å². The van der Waals surface area contributed by atoms with Crippen LogP contribution in [0.2, 0.25) is 0 Å². The topological polar surface area (TPSA) is 35.5 Å². The van der Waals surface area contributed by atoms with Gasteiger partial charge in [0.1, 0.15) is 5.75 Å². The number of rotatable bonds is 13. The van der Waals surface area contributed by atoms with Crippen molar-refractivity contribution in [2.45, 2.75) is 64.6 Å². The molecule has 0 unspecified atom stereocenters. The lowest BCUT2D eigenvalue weighted by molar-refractivity contribution is -0.130. The van der Waals surface area contributed by atoms with E-state index in [1.165, 1.54) is 25.7 Å². The maximum atomic E-state index is 12.4. The molecule has 1 atom stereocenters. The molecule has 0 aliphatic heterocycles. The third-order valence-corrected chi connectivity index (χ3v) is 4.67. The fraction of sp³-hybridized carbons (Fsp3) is 0.400. The van der Waals surface area contributed by atoms with Gasteiger partial charge in [0.2, 0.25) is 0 Å². The summed E-state index contributed by atoms with van der Waals surface area (Å²) in [6, 6.07) is 19.2. The van der Waals surface area contributed by atoms with E-state index in [9.17, 15) is 4.79 Å². The van der Waals surface area contributed by atoms with Crippen LogP contribution >= 0.6 is 0 Å². The van der Waals surface area contributed by atoms with Crippen LogP contribution < -0.4 is 4.74 Å². The fourth-order valence-corrected chi connectivity index (χ4v) is 3.03. The molecule has 2 aromatic carbocycles. The maximum Gasteiger partial charge on any atom is 0.338 e. The van der Waals surface area contributed by atoms with Gasteiger partial charge in [-0.15, -0.1) is 0 Å². The van der Waals surface area contributed by atoms with Crippen molar-refractivity contribution < 1.29 is 14.3 Å². The standard InChI is InChI=1S/C25H32O3/c1-3-4-5-6-11-18-24(27-20-22-14-9-7-10-15-22)19-21(2)25(26)28-23-16-12-8-13-17-23/h7-10,12-17,24H,2-6,11,18-20H2,1H3/t24-/m0/s1. The molecule has 0 aliphatic rings. The minimum atomic E-state index is -0.384. The first-order valence-electron chi connectivity index (χ1n) is 10.3. The Hall–Kier alpha value is -2.39. The summed E-state index contributed by atoms with van der Waals surface area (Å²) >= 11 is 0. The van der Waals surface area contributed by atoms with Crippen LogP contribution in [0.5, 0.6) is 5.75 Å². The lowest BCUT2D eigenvalue weighted by Gasteiger charge is -2.19. The quantitative estimate of drug-likeness (QED) is 0.173. The summed E-state index contributed by atoms with van der Waals surface area (Å²) in [4.78, 5) is 12.4. The number of benzene rings is 2. The second kappa shape index (κ2) is 12.9. The molecular formula is C25H32O3. The number of para-hydroxylation sites is 1. The zero-order valence-corrected chi connectivity index (χ0v) is 16.9. The lowest BCUT2D eigenvalue weighted by Crippen LogP contribution is -2.19. The number of ether oxygens (including phenoxy) is 2. The predicted molar refractivity (Wildman–Crippen MR) is 114 cm³/mol. The minimum absolute atomic E-state index is 0.0299. The molecule has 150 valence electrons. The second-order valence-electron chi connectivity index (χ2n) is 7.13. The van der Waals surface area contributed by atoms with Crippen molar-refractivity contribution >= 4 is 5.97 Å². The van der Waals surface area contributed by atoms with Crippen molar-refractivity contribution in [1.82, 2.24) is 0 Å². The highest BCUT2D eigenvalue weighted by atomic mass is 16.5. The molecule has 0 aromatic heterocycles. The van der Waals surface area contributed by atoms with E-state index in [-0.39, 0.29) is 12.1 Å². The monoisotopic (exact) mass is 380 g/mol. The molecule has 0 amide bonds. The molecule has 0 bridgehead atoms. The zero-order chi connectivity index (χ0) is 20.0. The van der Waals surface area contributed by atoms with Gasteiger partial charge < -0.3 is 9.47 Å². The number of unbranched alkanes of at least 4 members (excludes halogenated alkanes) is 4. The molecule has 0 saturated heterocycles. The van der Waals surface area contributed by atoms with E-state index in [1.54, 1.807) is 12.1 Å². The number of hydrogen-bond donors (Lipinski definition) is 0. The van der Waals surface area contributed by atoms with Gasteiger partial charge >= 0.3 is 5.97 Å². The molecule has 0 aliphatic carbocycles. The summed E-state index contributed by atoms with van der Waals surface area (Å²) < 4.78 is 11.5. The van der Waals surface area contributed by atoms with Gasteiger partial charge in [0.05, 0.1) is 12.7 Å². The van der Waals surface area contributed by atoms with Crippen LogP contribution in [0.1, 0.15) is 57.4 Å². The average molecular weight is 381 g/mol. The maximum absolute atomic E-state index is 12.4. The van der Waals surface area contributed by atoms with Gasteiger partial charge in [0, 0.05) is 12.0 Å². The first-order chi connectivity index (χ1) is 13.7. The Morgan fingerprint density at radius 1 is 0.929 bits per heavy atom. The van der Waals surface area contributed by atoms with E-state index in [2.05, 4.69) is 25.6 Å². The smallest absolute Gasteiger partial charge is 0.338 e. The number of carbonyl (C=O) groups excluding carboxylic acids is 1. The zero-order valence-electron chi connectivity index (χ0n) is 16.9. The summed E-state index contributed by atoms with van der Waals surface area (Å²) in [7, 11) is 0. The summed E-state index contributed by atoms with van der Waals surface area (Å²) in [6.45, 7) is 6.71. The van der Waals surface area contributed by atoms with Gasteiger partial charge in [-0.25, -0.2) is 4.79 Å². The van der Waals surface area contributed by atoms with Crippen molar-refractivity contribution in [2.75, 3.05) is 0 Å².